The molecule has 2 N–H and O–H groups in total. The summed E-state index contributed by atoms with van der Waals surface area (Å²) in [6.45, 7) is 6.12. The van der Waals surface area contributed by atoms with E-state index in [9.17, 15) is 9.59 Å². The number of ether oxygens (including phenoxy) is 1. The quantitative estimate of drug-likeness (QED) is 0.673. The van der Waals surface area contributed by atoms with Crippen molar-refractivity contribution in [1.82, 2.24) is 10.6 Å². The van der Waals surface area contributed by atoms with E-state index in [1.54, 1.807) is 0 Å². The Morgan fingerprint density at radius 1 is 1.24 bits per heavy atom. The predicted molar refractivity (Wildman–Crippen MR) is 82.9 cm³/mol. The van der Waals surface area contributed by atoms with E-state index in [-0.39, 0.29) is 18.3 Å². The number of carbonyl (C=O) groups is 2. The van der Waals surface area contributed by atoms with Crippen LogP contribution in [0.3, 0.4) is 0 Å². The second kappa shape index (κ2) is 9.03. The number of methoxy groups -OCH3 is 1. The Morgan fingerprint density at radius 2 is 1.86 bits per heavy atom. The summed E-state index contributed by atoms with van der Waals surface area (Å²) in [5.41, 5.74) is -0.460. The molecule has 0 saturated carbocycles. The average Bonchev–Trinajstić information content (AvgIpc) is 2.53. The fourth-order valence-corrected chi connectivity index (χ4v) is 2.93. The van der Waals surface area contributed by atoms with Gasteiger partial charge >= 0.3 is 5.97 Å². The van der Waals surface area contributed by atoms with Crippen molar-refractivity contribution < 1.29 is 14.3 Å². The molecule has 1 rings (SSSR count). The Hall–Kier alpha value is -1.10. The van der Waals surface area contributed by atoms with Crippen molar-refractivity contribution in [3.63, 3.8) is 0 Å². The van der Waals surface area contributed by atoms with Gasteiger partial charge in [0.2, 0.25) is 5.91 Å². The van der Waals surface area contributed by atoms with E-state index < -0.39 is 5.54 Å². The van der Waals surface area contributed by atoms with Gasteiger partial charge in [-0.05, 0) is 51.1 Å². The predicted octanol–water partition coefficient (Wildman–Crippen LogP) is 2.00. The first kappa shape index (κ1) is 18.0. The molecule has 0 aromatic carbocycles. The minimum Gasteiger partial charge on any atom is -0.469 e. The lowest BCUT2D eigenvalue weighted by molar-refractivity contribution is -0.142. The summed E-state index contributed by atoms with van der Waals surface area (Å²) in [6.07, 6.45) is 5.51. The first-order valence-electron chi connectivity index (χ1n) is 8.13. The van der Waals surface area contributed by atoms with Gasteiger partial charge in [-0.25, -0.2) is 0 Å². The smallest absolute Gasteiger partial charge is 0.307 e. The van der Waals surface area contributed by atoms with E-state index in [2.05, 4.69) is 10.6 Å². The number of carbonyl (C=O) groups excluding carboxylic acids is 2. The van der Waals surface area contributed by atoms with Gasteiger partial charge in [0.25, 0.3) is 0 Å². The van der Waals surface area contributed by atoms with E-state index in [0.29, 0.717) is 12.3 Å². The van der Waals surface area contributed by atoms with Crippen LogP contribution in [0.5, 0.6) is 0 Å². The number of esters is 1. The third-order valence-corrected chi connectivity index (χ3v) is 4.71. The number of nitrogens with one attached hydrogen (secondary N) is 2. The van der Waals surface area contributed by atoms with Crippen molar-refractivity contribution in [3.05, 3.63) is 0 Å². The van der Waals surface area contributed by atoms with Crippen LogP contribution in [-0.2, 0) is 14.3 Å². The molecule has 0 atom stereocenters. The number of hydrogen-bond acceptors (Lipinski definition) is 4. The van der Waals surface area contributed by atoms with Crippen LogP contribution in [0.25, 0.3) is 0 Å². The van der Waals surface area contributed by atoms with E-state index in [1.165, 1.54) is 7.11 Å². The van der Waals surface area contributed by atoms with Crippen LogP contribution >= 0.6 is 0 Å². The fourth-order valence-electron chi connectivity index (χ4n) is 2.93. The van der Waals surface area contributed by atoms with Gasteiger partial charge in [-0.3, -0.25) is 9.59 Å². The third kappa shape index (κ3) is 6.04. The standard InChI is InChI=1S/C16H30N2O3/c1-4-16(5-2,12-15(20)21-3)18-14(19)7-6-13-8-10-17-11-9-13/h13,17H,4-12H2,1-3H3,(H,18,19). The minimum absolute atomic E-state index is 0.0566. The van der Waals surface area contributed by atoms with Crippen molar-refractivity contribution >= 4 is 11.9 Å². The summed E-state index contributed by atoms with van der Waals surface area (Å²) in [4.78, 5) is 23.8. The summed E-state index contributed by atoms with van der Waals surface area (Å²) in [5, 5.41) is 6.41. The van der Waals surface area contributed by atoms with E-state index >= 15 is 0 Å². The summed E-state index contributed by atoms with van der Waals surface area (Å²) in [5.74, 6) is 0.439. The normalized spacial score (nSPS) is 16.5. The third-order valence-electron chi connectivity index (χ3n) is 4.71. The maximum Gasteiger partial charge on any atom is 0.307 e. The fraction of sp³-hybridized carbons (Fsp3) is 0.875. The van der Waals surface area contributed by atoms with Crippen molar-refractivity contribution in [3.8, 4) is 0 Å². The number of piperidine rings is 1. The second-order valence-electron chi connectivity index (χ2n) is 6.02. The molecule has 0 aliphatic carbocycles. The van der Waals surface area contributed by atoms with Gasteiger partial charge in [-0.1, -0.05) is 13.8 Å². The van der Waals surface area contributed by atoms with E-state index in [1.807, 2.05) is 13.8 Å². The van der Waals surface area contributed by atoms with Gasteiger partial charge in [-0.2, -0.15) is 0 Å². The molecule has 1 saturated heterocycles. The molecule has 0 radical (unpaired) electrons. The van der Waals surface area contributed by atoms with Crippen molar-refractivity contribution in [2.24, 2.45) is 5.92 Å². The van der Waals surface area contributed by atoms with Crippen molar-refractivity contribution in [1.29, 1.82) is 0 Å². The summed E-state index contributed by atoms with van der Waals surface area (Å²) in [6, 6.07) is 0. The highest BCUT2D eigenvalue weighted by atomic mass is 16.5. The minimum atomic E-state index is -0.460. The number of rotatable bonds is 8. The average molecular weight is 298 g/mol. The first-order valence-corrected chi connectivity index (χ1v) is 8.13. The van der Waals surface area contributed by atoms with Crippen LogP contribution < -0.4 is 10.6 Å². The molecule has 0 bridgehead atoms. The highest BCUT2D eigenvalue weighted by Crippen LogP contribution is 2.22. The van der Waals surface area contributed by atoms with Crippen LogP contribution in [0.2, 0.25) is 0 Å². The lowest BCUT2D eigenvalue weighted by Gasteiger charge is -2.32. The zero-order valence-electron chi connectivity index (χ0n) is 13.7. The Bertz CT molecular complexity index is 334. The monoisotopic (exact) mass is 298 g/mol. The maximum atomic E-state index is 12.2. The lowest BCUT2D eigenvalue weighted by atomic mass is 9.88. The van der Waals surface area contributed by atoms with Gasteiger partial charge in [0, 0.05) is 12.0 Å². The zero-order valence-corrected chi connectivity index (χ0v) is 13.7. The largest absolute Gasteiger partial charge is 0.469 e. The van der Waals surface area contributed by atoms with E-state index in [0.717, 1.165) is 45.2 Å². The summed E-state index contributed by atoms with van der Waals surface area (Å²) in [7, 11) is 1.39. The summed E-state index contributed by atoms with van der Waals surface area (Å²) < 4.78 is 4.75. The van der Waals surface area contributed by atoms with Crippen LogP contribution in [0.15, 0.2) is 0 Å². The molecule has 5 heteroatoms. The molecule has 1 amide bonds. The van der Waals surface area contributed by atoms with Crippen molar-refractivity contribution in [2.45, 2.75) is 64.3 Å². The topological polar surface area (TPSA) is 67.4 Å². The Labute approximate surface area is 128 Å². The van der Waals surface area contributed by atoms with Gasteiger partial charge in [0.15, 0.2) is 0 Å². The molecule has 1 aliphatic rings. The zero-order chi connectivity index (χ0) is 15.7. The Balaban J connectivity index is 2.45. The van der Waals surface area contributed by atoms with Crippen LogP contribution in [0.4, 0.5) is 0 Å². The number of amides is 1. The lowest BCUT2D eigenvalue weighted by Crippen LogP contribution is -2.49. The number of hydrogen-bond donors (Lipinski definition) is 2. The van der Waals surface area contributed by atoms with Crippen molar-refractivity contribution in [2.75, 3.05) is 20.2 Å². The van der Waals surface area contributed by atoms with Gasteiger partial charge < -0.3 is 15.4 Å². The molecule has 21 heavy (non-hydrogen) atoms. The molecule has 1 fully saturated rings. The Morgan fingerprint density at radius 3 is 2.38 bits per heavy atom. The molecule has 0 unspecified atom stereocenters. The first-order chi connectivity index (χ1) is 10.0. The van der Waals surface area contributed by atoms with Crippen LogP contribution in [0.1, 0.15) is 58.8 Å². The molecule has 0 aromatic rings. The summed E-state index contributed by atoms with van der Waals surface area (Å²) >= 11 is 0. The van der Waals surface area contributed by atoms with E-state index in [4.69, 9.17) is 4.74 Å². The molecule has 5 nitrogen and oxygen atoms in total. The van der Waals surface area contributed by atoms with Gasteiger partial charge in [0.05, 0.1) is 13.5 Å². The highest BCUT2D eigenvalue weighted by Gasteiger charge is 2.31. The molecular formula is C16H30N2O3. The molecular weight excluding hydrogens is 268 g/mol. The molecule has 0 aromatic heterocycles. The Kier molecular flexibility index (Phi) is 7.72. The second-order valence-corrected chi connectivity index (χ2v) is 6.02. The molecule has 1 aliphatic heterocycles. The van der Waals surface area contributed by atoms with Crippen LogP contribution in [0, 0.1) is 5.92 Å². The SMILES string of the molecule is CCC(CC)(CC(=O)OC)NC(=O)CCC1CCNCC1. The maximum absolute atomic E-state index is 12.2. The molecule has 122 valence electrons. The highest BCUT2D eigenvalue weighted by molar-refractivity contribution is 5.78. The molecule has 0 spiro atoms. The van der Waals surface area contributed by atoms with Crippen LogP contribution in [-0.4, -0.2) is 37.6 Å². The van der Waals surface area contributed by atoms with Gasteiger partial charge in [-0.15, -0.1) is 0 Å². The van der Waals surface area contributed by atoms with Gasteiger partial charge in [0.1, 0.15) is 0 Å². The molecule has 1 heterocycles.